The van der Waals surface area contributed by atoms with Gasteiger partial charge in [-0.2, -0.15) is 0 Å². The van der Waals surface area contributed by atoms with Crippen LogP contribution in [0.3, 0.4) is 0 Å². The van der Waals surface area contributed by atoms with Crippen LogP contribution in [0.5, 0.6) is 5.75 Å². The Balaban J connectivity index is 2.10. The third kappa shape index (κ3) is 2.79. The molecule has 92 valence electrons. The van der Waals surface area contributed by atoms with Crippen molar-refractivity contribution in [2.45, 2.75) is 6.54 Å². The molecule has 0 aliphatic carbocycles. The second-order valence-corrected chi connectivity index (χ2v) is 3.87. The van der Waals surface area contributed by atoms with Crippen molar-refractivity contribution in [2.75, 3.05) is 5.32 Å². The SMILES string of the molecule is O=C(O)c1ccccc1NCc1ccc(O)cc1. The number of phenols is 1. The molecule has 0 amide bonds. The first-order chi connectivity index (χ1) is 8.66. The lowest BCUT2D eigenvalue weighted by atomic mass is 10.1. The Morgan fingerprint density at radius 1 is 1.06 bits per heavy atom. The highest BCUT2D eigenvalue weighted by molar-refractivity contribution is 5.94. The fourth-order valence-corrected chi connectivity index (χ4v) is 1.63. The van der Waals surface area contributed by atoms with Crippen molar-refractivity contribution in [3.63, 3.8) is 0 Å². The highest BCUT2D eigenvalue weighted by Crippen LogP contribution is 2.17. The number of nitrogens with one attached hydrogen (secondary N) is 1. The van der Waals surface area contributed by atoms with Crippen LogP contribution in [0.25, 0.3) is 0 Å². The van der Waals surface area contributed by atoms with Crippen LogP contribution < -0.4 is 5.32 Å². The Kier molecular flexibility index (Phi) is 3.48. The van der Waals surface area contributed by atoms with E-state index in [1.807, 2.05) is 0 Å². The Morgan fingerprint density at radius 2 is 1.72 bits per heavy atom. The van der Waals surface area contributed by atoms with E-state index in [2.05, 4.69) is 5.32 Å². The number of benzene rings is 2. The normalized spacial score (nSPS) is 10.0. The molecule has 0 spiro atoms. The summed E-state index contributed by atoms with van der Waals surface area (Å²) in [4.78, 5) is 11.0. The summed E-state index contributed by atoms with van der Waals surface area (Å²) < 4.78 is 0. The number of para-hydroxylation sites is 1. The van der Waals surface area contributed by atoms with Crippen molar-refractivity contribution in [2.24, 2.45) is 0 Å². The molecular formula is C14H13NO3. The predicted molar refractivity (Wildman–Crippen MR) is 68.8 cm³/mol. The zero-order valence-corrected chi connectivity index (χ0v) is 9.63. The second-order valence-electron chi connectivity index (χ2n) is 3.87. The quantitative estimate of drug-likeness (QED) is 0.772. The van der Waals surface area contributed by atoms with Gasteiger partial charge >= 0.3 is 5.97 Å². The summed E-state index contributed by atoms with van der Waals surface area (Å²) in [7, 11) is 0. The first-order valence-electron chi connectivity index (χ1n) is 5.51. The number of hydrogen-bond donors (Lipinski definition) is 3. The van der Waals surface area contributed by atoms with Crippen LogP contribution in [-0.2, 0) is 6.54 Å². The van der Waals surface area contributed by atoms with Crippen molar-refractivity contribution >= 4 is 11.7 Å². The Hall–Kier alpha value is -2.49. The molecule has 0 aliphatic heterocycles. The van der Waals surface area contributed by atoms with Crippen molar-refractivity contribution in [3.05, 3.63) is 59.7 Å². The van der Waals surface area contributed by atoms with E-state index in [4.69, 9.17) is 10.2 Å². The molecule has 18 heavy (non-hydrogen) atoms. The largest absolute Gasteiger partial charge is 0.508 e. The fourth-order valence-electron chi connectivity index (χ4n) is 1.63. The molecule has 2 aromatic rings. The number of aromatic carboxylic acids is 1. The summed E-state index contributed by atoms with van der Waals surface area (Å²) in [5.41, 5.74) is 1.79. The number of carbonyl (C=O) groups is 1. The number of phenolic OH excluding ortho intramolecular Hbond substituents is 1. The summed E-state index contributed by atoms with van der Waals surface area (Å²) >= 11 is 0. The Labute approximate surface area is 105 Å². The first-order valence-corrected chi connectivity index (χ1v) is 5.51. The molecule has 0 saturated heterocycles. The minimum Gasteiger partial charge on any atom is -0.508 e. The second kappa shape index (κ2) is 5.23. The van der Waals surface area contributed by atoms with Crippen LogP contribution in [0.1, 0.15) is 15.9 Å². The van der Waals surface area contributed by atoms with Gasteiger partial charge in [-0.05, 0) is 29.8 Å². The summed E-state index contributed by atoms with van der Waals surface area (Å²) in [5.74, 6) is -0.742. The average Bonchev–Trinajstić information content (AvgIpc) is 2.38. The van der Waals surface area contributed by atoms with Gasteiger partial charge in [-0.1, -0.05) is 24.3 Å². The average molecular weight is 243 g/mol. The van der Waals surface area contributed by atoms with Gasteiger partial charge in [-0.25, -0.2) is 4.79 Å². The van der Waals surface area contributed by atoms with Gasteiger partial charge < -0.3 is 15.5 Å². The fraction of sp³-hybridized carbons (Fsp3) is 0.0714. The molecule has 0 aromatic heterocycles. The number of anilines is 1. The number of aromatic hydroxyl groups is 1. The molecule has 0 heterocycles. The third-order valence-corrected chi connectivity index (χ3v) is 2.58. The molecule has 0 aliphatic rings. The lowest BCUT2D eigenvalue weighted by Gasteiger charge is -2.09. The first kappa shape index (κ1) is 12.0. The highest BCUT2D eigenvalue weighted by atomic mass is 16.4. The van der Waals surface area contributed by atoms with E-state index in [0.717, 1.165) is 5.56 Å². The Morgan fingerprint density at radius 3 is 2.39 bits per heavy atom. The van der Waals surface area contributed by atoms with Gasteiger partial charge in [0.25, 0.3) is 0 Å². The maximum absolute atomic E-state index is 11.0. The maximum Gasteiger partial charge on any atom is 0.337 e. The van der Waals surface area contributed by atoms with E-state index in [1.54, 1.807) is 48.5 Å². The standard InChI is InChI=1S/C14H13NO3/c16-11-7-5-10(6-8-11)9-15-13-4-2-1-3-12(13)14(17)18/h1-8,15-16H,9H2,(H,17,18). The summed E-state index contributed by atoms with van der Waals surface area (Å²) in [6.07, 6.45) is 0. The summed E-state index contributed by atoms with van der Waals surface area (Å²) in [6.45, 7) is 0.505. The topological polar surface area (TPSA) is 69.6 Å². The smallest absolute Gasteiger partial charge is 0.337 e. The van der Waals surface area contributed by atoms with Gasteiger partial charge in [0.15, 0.2) is 0 Å². The molecule has 0 saturated carbocycles. The van der Waals surface area contributed by atoms with Gasteiger partial charge in [-0.3, -0.25) is 0 Å². The number of carboxylic acids is 1. The molecule has 0 unspecified atom stereocenters. The van der Waals surface area contributed by atoms with Crippen LogP contribution in [-0.4, -0.2) is 16.2 Å². The highest BCUT2D eigenvalue weighted by Gasteiger charge is 2.08. The van der Waals surface area contributed by atoms with Gasteiger partial charge in [0.1, 0.15) is 5.75 Å². The number of hydrogen-bond acceptors (Lipinski definition) is 3. The minimum absolute atomic E-state index is 0.213. The van der Waals surface area contributed by atoms with Crippen molar-refractivity contribution < 1.29 is 15.0 Å². The summed E-state index contributed by atoms with van der Waals surface area (Å²) in [5, 5.41) is 21.3. The van der Waals surface area contributed by atoms with E-state index >= 15 is 0 Å². The molecule has 0 atom stereocenters. The van der Waals surface area contributed by atoms with Crippen LogP contribution in [0.2, 0.25) is 0 Å². The van der Waals surface area contributed by atoms with E-state index in [1.165, 1.54) is 0 Å². The lowest BCUT2D eigenvalue weighted by Crippen LogP contribution is -2.05. The minimum atomic E-state index is -0.955. The molecule has 0 radical (unpaired) electrons. The van der Waals surface area contributed by atoms with Gasteiger partial charge in [0.2, 0.25) is 0 Å². The zero-order chi connectivity index (χ0) is 13.0. The van der Waals surface area contributed by atoms with E-state index < -0.39 is 5.97 Å². The van der Waals surface area contributed by atoms with Gasteiger partial charge in [0.05, 0.1) is 5.56 Å². The van der Waals surface area contributed by atoms with E-state index in [0.29, 0.717) is 12.2 Å². The molecule has 4 heteroatoms. The van der Waals surface area contributed by atoms with Gasteiger partial charge in [0, 0.05) is 12.2 Å². The molecule has 4 nitrogen and oxygen atoms in total. The van der Waals surface area contributed by atoms with E-state index in [9.17, 15) is 4.79 Å². The molecule has 2 aromatic carbocycles. The Bertz CT molecular complexity index is 549. The third-order valence-electron chi connectivity index (χ3n) is 2.58. The summed E-state index contributed by atoms with van der Waals surface area (Å²) in [6, 6.07) is 13.5. The number of carboxylic acid groups (broad SMARTS) is 1. The van der Waals surface area contributed by atoms with Crippen molar-refractivity contribution in [1.29, 1.82) is 0 Å². The molecular weight excluding hydrogens is 230 g/mol. The van der Waals surface area contributed by atoms with Crippen LogP contribution in [0.15, 0.2) is 48.5 Å². The van der Waals surface area contributed by atoms with Crippen molar-refractivity contribution in [3.8, 4) is 5.75 Å². The molecule has 0 bridgehead atoms. The van der Waals surface area contributed by atoms with Crippen LogP contribution >= 0.6 is 0 Å². The number of rotatable bonds is 4. The van der Waals surface area contributed by atoms with Crippen LogP contribution in [0, 0.1) is 0 Å². The molecule has 2 rings (SSSR count). The predicted octanol–water partition coefficient (Wildman–Crippen LogP) is 2.70. The lowest BCUT2D eigenvalue weighted by molar-refractivity contribution is 0.0698. The van der Waals surface area contributed by atoms with E-state index in [-0.39, 0.29) is 11.3 Å². The van der Waals surface area contributed by atoms with Crippen LogP contribution in [0.4, 0.5) is 5.69 Å². The molecule has 0 fully saturated rings. The monoisotopic (exact) mass is 243 g/mol. The molecule has 3 N–H and O–H groups in total. The van der Waals surface area contributed by atoms with Gasteiger partial charge in [-0.15, -0.1) is 0 Å². The zero-order valence-electron chi connectivity index (χ0n) is 9.63. The van der Waals surface area contributed by atoms with Crippen molar-refractivity contribution in [1.82, 2.24) is 0 Å². The maximum atomic E-state index is 11.0.